The van der Waals surface area contributed by atoms with Crippen LogP contribution in [0, 0.1) is 5.92 Å². The van der Waals surface area contributed by atoms with Gasteiger partial charge in [0.05, 0.1) is 18.5 Å². The average Bonchev–Trinajstić information content (AvgIpc) is 3.45. The zero-order valence-corrected chi connectivity index (χ0v) is 18.7. The van der Waals surface area contributed by atoms with Gasteiger partial charge in [-0.15, -0.1) is 0 Å². The van der Waals surface area contributed by atoms with Crippen molar-refractivity contribution in [3.63, 3.8) is 0 Å². The van der Waals surface area contributed by atoms with E-state index in [4.69, 9.17) is 9.84 Å². The van der Waals surface area contributed by atoms with Gasteiger partial charge in [0.25, 0.3) is 0 Å². The van der Waals surface area contributed by atoms with E-state index in [0.29, 0.717) is 5.82 Å². The predicted molar refractivity (Wildman–Crippen MR) is 117 cm³/mol. The van der Waals surface area contributed by atoms with Crippen LogP contribution in [0.25, 0.3) is 5.69 Å². The molecule has 7 heteroatoms. The van der Waals surface area contributed by atoms with Gasteiger partial charge in [0.15, 0.2) is 0 Å². The third kappa shape index (κ3) is 5.01. The molecule has 0 unspecified atom stereocenters. The van der Waals surface area contributed by atoms with E-state index in [1.165, 1.54) is 0 Å². The predicted octanol–water partition coefficient (Wildman–Crippen LogP) is 3.76. The fourth-order valence-corrected chi connectivity index (χ4v) is 3.17. The SMILES string of the molecule is COc1ccc(-n2nc(C(C)(C)C)cc2NC(=O)CN(C(=O)C2CC2)C(C)C)cc1. The minimum absolute atomic E-state index is 0.0273. The van der Waals surface area contributed by atoms with Crippen molar-refractivity contribution in [2.75, 3.05) is 19.0 Å². The molecular weight excluding hydrogens is 380 g/mol. The quantitative estimate of drug-likeness (QED) is 0.751. The number of hydrogen-bond donors (Lipinski definition) is 1. The second kappa shape index (κ2) is 8.50. The molecule has 0 atom stereocenters. The third-order valence-electron chi connectivity index (χ3n) is 5.21. The van der Waals surface area contributed by atoms with E-state index in [9.17, 15) is 9.59 Å². The Morgan fingerprint density at radius 3 is 2.37 bits per heavy atom. The Labute approximate surface area is 178 Å². The lowest BCUT2D eigenvalue weighted by molar-refractivity contribution is -0.137. The number of aromatic nitrogens is 2. The van der Waals surface area contributed by atoms with Crippen LogP contribution in [0.4, 0.5) is 5.82 Å². The van der Waals surface area contributed by atoms with Crippen molar-refractivity contribution in [2.24, 2.45) is 5.92 Å². The Balaban J connectivity index is 1.85. The van der Waals surface area contributed by atoms with Crippen LogP contribution in [0.15, 0.2) is 30.3 Å². The third-order valence-corrected chi connectivity index (χ3v) is 5.21. The Hall–Kier alpha value is -2.83. The molecule has 1 fully saturated rings. The number of nitrogens with zero attached hydrogens (tertiary/aromatic N) is 3. The Morgan fingerprint density at radius 1 is 1.23 bits per heavy atom. The van der Waals surface area contributed by atoms with Crippen LogP contribution in [0.3, 0.4) is 0 Å². The molecule has 1 saturated carbocycles. The van der Waals surface area contributed by atoms with E-state index in [2.05, 4.69) is 26.1 Å². The number of methoxy groups -OCH3 is 1. The molecule has 0 saturated heterocycles. The summed E-state index contributed by atoms with van der Waals surface area (Å²) in [5.74, 6) is 1.25. The van der Waals surface area contributed by atoms with Crippen molar-refractivity contribution in [1.29, 1.82) is 0 Å². The molecule has 162 valence electrons. The largest absolute Gasteiger partial charge is 0.497 e. The maximum Gasteiger partial charge on any atom is 0.245 e. The highest BCUT2D eigenvalue weighted by atomic mass is 16.5. The minimum atomic E-state index is -0.229. The van der Waals surface area contributed by atoms with Crippen molar-refractivity contribution in [3.8, 4) is 11.4 Å². The van der Waals surface area contributed by atoms with Crippen LogP contribution in [0.1, 0.15) is 53.2 Å². The maximum atomic E-state index is 12.9. The molecule has 1 aliphatic carbocycles. The van der Waals surface area contributed by atoms with E-state index in [1.54, 1.807) is 16.7 Å². The Kier molecular flexibility index (Phi) is 6.19. The van der Waals surface area contributed by atoms with Crippen molar-refractivity contribution in [3.05, 3.63) is 36.0 Å². The number of hydrogen-bond acceptors (Lipinski definition) is 4. The first kappa shape index (κ1) is 21.9. The lowest BCUT2D eigenvalue weighted by Gasteiger charge is -2.26. The number of anilines is 1. The van der Waals surface area contributed by atoms with Gasteiger partial charge in [-0.1, -0.05) is 20.8 Å². The fourth-order valence-electron chi connectivity index (χ4n) is 3.17. The second-order valence-corrected chi connectivity index (χ2v) is 9.16. The summed E-state index contributed by atoms with van der Waals surface area (Å²) in [4.78, 5) is 27.0. The van der Waals surface area contributed by atoms with E-state index in [-0.39, 0.29) is 35.7 Å². The molecule has 0 aliphatic heterocycles. The number of carbonyl (C=O) groups excluding carboxylic acids is 2. The zero-order chi connectivity index (χ0) is 22.1. The molecule has 0 bridgehead atoms. The molecule has 0 radical (unpaired) electrons. The maximum absolute atomic E-state index is 12.9. The highest BCUT2D eigenvalue weighted by molar-refractivity contribution is 5.95. The highest BCUT2D eigenvalue weighted by Gasteiger charge is 2.35. The molecule has 1 heterocycles. The molecule has 1 aromatic carbocycles. The van der Waals surface area contributed by atoms with Crippen LogP contribution >= 0.6 is 0 Å². The molecule has 7 nitrogen and oxygen atoms in total. The van der Waals surface area contributed by atoms with Crippen molar-refractivity contribution < 1.29 is 14.3 Å². The summed E-state index contributed by atoms with van der Waals surface area (Å²) in [6, 6.07) is 9.36. The van der Waals surface area contributed by atoms with Crippen molar-refractivity contribution in [2.45, 2.75) is 58.9 Å². The summed E-state index contributed by atoms with van der Waals surface area (Å²) >= 11 is 0. The first-order valence-electron chi connectivity index (χ1n) is 10.5. The molecule has 1 aromatic heterocycles. The first-order valence-corrected chi connectivity index (χ1v) is 10.5. The smallest absolute Gasteiger partial charge is 0.245 e. The van der Waals surface area contributed by atoms with E-state index >= 15 is 0 Å². The number of carbonyl (C=O) groups is 2. The summed E-state index contributed by atoms with van der Waals surface area (Å²) in [6.45, 7) is 10.1. The number of amides is 2. The number of rotatable bonds is 7. The van der Waals surface area contributed by atoms with Gasteiger partial charge in [-0.25, -0.2) is 4.68 Å². The van der Waals surface area contributed by atoms with Gasteiger partial charge in [0, 0.05) is 23.4 Å². The molecule has 1 N–H and O–H groups in total. The number of ether oxygens (including phenoxy) is 1. The average molecular weight is 413 g/mol. The van der Waals surface area contributed by atoms with E-state index in [0.717, 1.165) is 30.0 Å². The van der Waals surface area contributed by atoms with Gasteiger partial charge in [0.1, 0.15) is 18.1 Å². The Bertz CT molecular complexity index is 906. The summed E-state index contributed by atoms with van der Waals surface area (Å²) in [5, 5.41) is 7.69. The van der Waals surface area contributed by atoms with Gasteiger partial charge in [-0.05, 0) is 51.0 Å². The van der Waals surface area contributed by atoms with Crippen LogP contribution in [-0.2, 0) is 15.0 Å². The normalized spacial score (nSPS) is 14.0. The minimum Gasteiger partial charge on any atom is -0.497 e. The zero-order valence-electron chi connectivity index (χ0n) is 18.7. The highest BCUT2D eigenvalue weighted by Crippen LogP contribution is 2.32. The summed E-state index contributed by atoms with van der Waals surface area (Å²) in [5.41, 5.74) is 1.50. The summed E-state index contributed by atoms with van der Waals surface area (Å²) in [6.07, 6.45) is 1.84. The van der Waals surface area contributed by atoms with Gasteiger partial charge in [-0.2, -0.15) is 5.10 Å². The van der Waals surface area contributed by atoms with Gasteiger partial charge < -0.3 is 15.0 Å². The summed E-state index contributed by atoms with van der Waals surface area (Å²) in [7, 11) is 1.62. The van der Waals surface area contributed by atoms with Crippen LogP contribution in [0.2, 0.25) is 0 Å². The second-order valence-electron chi connectivity index (χ2n) is 9.16. The van der Waals surface area contributed by atoms with E-state index in [1.807, 2.05) is 44.2 Å². The molecule has 0 spiro atoms. The molecule has 30 heavy (non-hydrogen) atoms. The molecule has 1 aliphatic rings. The van der Waals surface area contributed by atoms with E-state index < -0.39 is 0 Å². The standard InChI is InChI=1S/C23H32N4O3/c1-15(2)26(22(29)16-7-8-16)14-21(28)24-20-13-19(23(3,4)5)25-27(20)17-9-11-18(30-6)12-10-17/h9-13,15-16H,7-8,14H2,1-6H3,(H,24,28). The topological polar surface area (TPSA) is 76.5 Å². The van der Waals surface area contributed by atoms with Crippen molar-refractivity contribution in [1.82, 2.24) is 14.7 Å². The number of benzene rings is 1. The van der Waals surface area contributed by atoms with Crippen molar-refractivity contribution >= 4 is 17.6 Å². The van der Waals surface area contributed by atoms with Crippen LogP contribution in [0.5, 0.6) is 5.75 Å². The fraction of sp³-hybridized carbons (Fsp3) is 0.522. The number of nitrogens with one attached hydrogen (secondary N) is 1. The Morgan fingerprint density at radius 2 is 1.87 bits per heavy atom. The van der Waals surface area contributed by atoms with Crippen LogP contribution < -0.4 is 10.1 Å². The summed E-state index contributed by atoms with van der Waals surface area (Å²) < 4.78 is 6.96. The molecule has 2 amide bonds. The van der Waals surface area contributed by atoms with Gasteiger partial charge in [-0.3, -0.25) is 9.59 Å². The molecule has 2 aromatic rings. The lowest BCUT2D eigenvalue weighted by atomic mass is 9.92. The first-order chi connectivity index (χ1) is 14.1. The van der Waals surface area contributed by atoms with Crippen LogP contribution in [-0.4, -0.2) is 46.2 Å². The molecular formula is C23H32N4O3. The van der Waals surface area contributed by atoms with Gasteiger partial charge in [0.2, 0.25) is 11.8 Å². The lowest BCUT2D eigenvalue weighted by Crippen LogP contribution is -2.43. The van der Waals surface area contributed by atoms with Gasteiger partial charge >= 0.3 is 0 Å². The molecule has 3 rings (SSSR count). The monoisotopic (exact) mass is 412 g/mol.